The lowest BCUT2D eigenvalue weighted by Gasteiger charge is -2.44. The second-order valence-corrected chi connectivity index (χ2v) is 8.63. The fourth-order valence-electron chi connectivity index (χ4n) is 5.21. The second kappa shape index (κ2) is 6.26. The Balaban J connectivity index is 1.66. The van der Waals surface area contributed by atoms with Crippen molar-refractivity contribution in [3.8, 4) is 0 Å². The molecule has 0 radical (unpaired) electrons. The summed E-state index contributed by atoms with van der Waals surface area (Å²) in [6.45, 7) is 5.05. The molecule has 4 rings (SSSR count). The van der Waals surface area contributed by atoms with E-state index in [0.717, 1.165) is 31.4 Å². The van der Waals surface area contributed by atoms with Crippen LogP contribution in [0.3, 0.4) is 0 Å². The minimum absolute atomic E-state index is 0.0372. The van der Waals surface area contributed by atoms with Crippen molar-refractivity contribution in [3.05, 3.63) is 41.0 Å². The maximum atomic E-state index is 13.3. The largest absolute Gasteiger partial charge is 0.550 e. The summed E-state index contributed by atoms with van der Waals surface area (Å²) >= 11 is 0. The Kier molecular flexibility index (Phi) is 4.17. The number of aliphatic carboxylic acids is 1. The summed E-state index contributed by atoms with van der Waals surface area (Å²) in [5.74, 6) is -2.34. The van der Waals surface area contributed by atoms with E-state index in [2.05, 4.69) is 13.8 Å². The van der Waals surface area contributed by atoms with E-state index in [9.17, 15) is 14.7 Å². The molecule has 0 spiro atoms. The normalized spacial score (nSPS) is 27.1. The highest BCUT2D eigenvalue weighted by atomic mass is 16.4. The average Bonchev–Trinajstić information content (AvgIpc) is 3.04. The molecule has 1 heterocycles. The highest BCUT2D eigenvalue weighted by Gasteiger charge is 2.43. The number of para-hydroxylation sites is 1. The second-order valence-electron chi connectivity index (χ2n) is 8.63. The summed E-state index contributed by atoms with van der Waals surface area (Å²) in [5.41, 5.74) is 4.74. The van der Waals surface area contributed by atoms with Crippen molar-refractivity contribution in [1.29, 1.82) is 0 Å². The lowest BCUT2D eigenvalue weighted by molar-refractivity contribution is -0.313. The predicted molar refractivity (Wildman–Crippen MR) is 98.4 cm³/mol. The van der Waals surface area contributed by atoms with Crippen LogP contribution in [0.5, 0.6) is 0 Å². The summed E-state index contributed by atoms with van der Waals surface area (Å²) < 4.78 is 0. The van der Waals surface area contributed by atoms with E-state index < -0.39 is 17.8 Å². The molecule has 3 aliphatic rings. The molecule has 1 aromatic rings. The van der Waals surface area contributed by atoms with E-state index in [0.29, 0.717) is 19.4 Å². The fourth-order valence-corrected chi connectivity index (χ4v) is 5.21. The lowest BCUT2D eigenvalue weighted by atomic mass is 9.63. The number of nitrogens with zero attached hydrogens (tertiary/aromatic N) is 1. The number of anilines is 1. The molecule has 0 N–H and O–H groups in total. The minimum atomic E-state index is -1.08. The summed E-state index contributed by atoms with van der Waals surface area (Å²) in [7, 11) is 0. The van der Waals surface area contributed by atoms with E-state index >= 15 is 0 Å². The zero-order valence-corrected chi connectivity index (χ0v) is 15.6. The molecule has 0 aromatic heterocycles. The van der Waals surface area contributed by atoms with Crippen LogP contribution in [0.25, 0.3) is 0 Å². The Labute approximate surface area is 154 Å². The molecular formula is C22H26NO3-. The molecule has 1 aromatic carbocycles. The van der Waals surface area contributed by atoms with Crippen molar-refractivity contribution in [2.24, 2.45) is 17.3 Å². The molecule has 1 amide bonds. The van der Waals surface area contributed by atoms with Crippen LogP contribution in [0.4, 0.5) is 5.69 Å². The maximum Gasteiger partial charge on any atom is 0.231 e. The van der Waals surface area contributed by atoms with Gasteiger partial charge in [0.2, 0.25) is 5.91 Å². The standard InChI is InChI=1S/C22H27NO3/c1-22(2)10-5-7-15-12-16(17(21(25)26)13-18(15)22)20(24)23-11-9-14-6-3-4-8-19(14)23/h3-4,6,8,16-17H,5,7,9-13H2,1-2H3,(H,25,26)/p-1/t16-,17-/m0/s1. The van der Waals surface area contributed by atoms with Crippen LogP contribution in [-0.2, 0) is 16.0 Å². The third-order valence-electron chi connectivity index (χ3n) is 6.67. The van der Waals surface area contributed by atoms with Gasteiger partial charge in [0.05, 0.1) is 5.92 Å². The molecule has 0 bridgehead atoms. The maximum absolute atomic E-state index is 13.3. The van der Waals surface area contributed by atoms with E-state index in [4.69, 9.17) is 0 Å². The lowest BCUT2D eigenvalue weighted by Crippen LogP contribution is -2.47. The molecule has 1 aliphatic heterocycles. The van der Waals surface area contributed by atoms with Crippen LogP contribution in [-0.4, -0.2) is 18.4 Å². The van der Waals surface area contributed by atoms with Gasteiger partial charge in [0.25, 0.3) is 0 Å². The van der Waals surface area contributed by atoms with Crippen molar-refractivity contribution in [1.82, 2.24) is 0 Å². The number of carboxylic acids is 1. The Morgan fingerprint density at radius 3 is 2.65 bits per heavy atom. The Hall–Kier alpha value is -2.10. The van der Waals surface area contributed by atoms with Crippen LogP contribution in [0, 0.1) is 17.3 Å². The number of fused-ring (bicyclic) bond motifs is 1. The number of rotatable bonds is 2. The summed E-state index contributed by atoms with van der Waals surface area (Å²) in [5, 5.41) is 11.9. The average molecular weight is 352 g/mol. The van der Waals surface area contributed by atoms with E-state index in [1.165, 1.54) is 16.7 Å². The van der Waals surface area contributed by atoms with Gasteiger partial charge in [-0.25, -0.2) is 0 Å². The zero-order chi connectivity index (χ0) is 18.5. The van der Waals surface area contributed by atoms with Gasteiger partial charge in [-0.15, -0.1) is 0 Å². The van der Waals surface area contributed by atoms with Gasteiger partial charge in [0.15, 0.2) is 0 Å². The molecule has 2 atom stereocenters. The van der Waals surface area contributed by atoms with Crippen LogP contribution < -0.4 is 10.0 Å². The summed E-state index contributed by atoms with van der Waals surface area (Å²) in [4.78, 5) is 27.0. The first-order valence-electron chi connectivity index (χ1n) is 9.70. The van der Waals surface area contributed by atoms with Crippen molar-refractivity contribution in [2.75, 3.05) is 11.4 Å². The molecule has 0 saturated carbocycles. The van der Waals surface area contributed by atoms with Crippen molar-refractivity contribution in [2.45, 2.75) is 52.4 Å². The van der Waals surface area contributed by atoms with Gasteiger partial charge in [-0.1, -0.05) is 43.2 Å². The molecule has 0 fully saturated rings. The highest BCUT2D eigenvalue weighted by Crippen LogP contribution is 2.50. The number of allylic oxidation sites excluding steroid dienone is 2. The van der Waals surface area contributed by atoms with Crippen molar-refractivity contribution in [3.63, 3.8) is 0 Å². The monoisotopic (exact) mass is 352 g/mol. The zero-order valence-electron chi connectivity index (χ0n) is 15.6. The third-order valence-corrected chi connectivity index (χ3v) is 6.67. The Morgan fingerprint density at radius 2 is 1.88 bits per heavy atom. The molecule has 0 unspecified atom stereocenters. The predicted octanol–water partition coefficient (Wildman–Crippen LogP) is 2.86. The van der Waals surface area contributed by atoms with Gasteiger partial charge in [-0.3, -0.25) is 4.79 Å². The Bertz CT molecular complexity index is 792. The molecule has 138 valence electrons. The number of benzene rings is 1. The van der Waals surface area contributed by atoms with Crippen LogP contribution >= 0.6 is 0 Å². The Morgan fingerprint density at radius 1 is 1.12 bits per heavy atom. The van der Waals surface area contributed by atoms with Gasteiger partial charge in [0, 0.05) is 24.1 Å². The molecule has 2 aliphatic carbocycles. The van der Waals surface area contributed by atoms with Gasteiger partial charge in [0.1, 0.15) is 0 Å². The third kappa shape index (κ3) is 2.76. The molecule has 4 nitrogen and oxygen atoms in total. The first-order valence-corrected chi connectivity index (χ1v) is 9.70. The van der Waals surface area contributed by atoms with Crippen molar-refractivity contribution >= 4 is 17.6 Å². The SMILES string of the molecule is CC1(C)CCCC2=C1C[C@H](C(=O)[O-])[C@@H](C(=O)N1CCc3ccccc31)C2. The summed E-state index contributed by atoms with van der Waals surface area (Å²) in [6.07, 6.45) is 5.09. The molecule has 0 saturated heterocycles. The number of amides is 1. The highest BCUT2D eigenvalue weighted by molar-refractivity contribution is 5.99. The molecule has 4 heteroatoms. The smallest absolute Gasteiger partial charge is 0.231 e. The van der Waals surface area contributed by atoms with Crippen LogP contribution in [0.2, 0.25) is 0 Å². The van der Waals surface area contributed by atoms with E-state index in [1.807, 2.05) is 24.3 Å². The quantitative estimate of drug-likeness (QED) is 0.769. The number of carbonyl (C=O) groups excluding carboxylic acids is 2. The van der Waals surface area contributed by atoms with Crippen molar-refractivity contribution < 1.29 is 14.7 Å². The number of hydrogen-bond donors (Lipinski definition) is 0. The fraction of sp³-hybridized carbons (Fsp3) is 0.545. The van der Waals surface area contributed by atoms with Gasteiger partial charge >= 0.3 is 0 Å². The van der Waals surface area contributed by atoms with Gasteiger partial charge in [-0.05, 0) is 55.6 Å². The van der Waals surface area contributed by atoms with E-state index in [-0.39, 0.29) is 11.3 Å². The topological polar surface area (TPSA) is 60.4 Å². The molecular weight excluding hydrogens is 326 g/mol. The van der Waals surface area contributed by atoms with Crippen LogP contribution in [0.1, 0.15) is 51.5 Å². The number of carbonyl (C=O) groups is 2. The number of hydrogen-bond acceptors (Lipinski definition) is 3. The minimum Gasteiger partial charge on any atom is -0.550 e. The van der Waals surface area contributed by atoms with Crippen LogP contribution in [0.15, 0.2) is 35.4 Å². The summed E-state index contributed by atoms with van der Waals surface area (Å²) in [6, 6.07) is 7.93. The van der Waals surface area contributed by atoms with Gasteiger partial charge in [-0.2, -0.15) is 0 Å². The van der Waals surface area contributed by atoms with Gasteiger partial charge < -0.3 is 14.8 Å². The first-order chi connectivity index (χ1) is 12.4. The first kappa shape index (κ1) is 17.3. The molecule has 26 heavy (non-hydrogen) atoms. The van der Waals surface area contributed by atoms with E-state index in [1.54, 1.807) is 4.90 Å². The number of carboxylic acid groups (broad SMARTS) is 1.